The summed E-state index contributed by atoms with van der Waals surface area (Å²) < 4.78 is 44.3. The van der Waals surface area contributed by atoms with Crippen LogP contribution < -0.4 is 4.74 Å². The van der Waals surface area contributed by atoms with Gasteiger partial charge in [-0.3, -0.25) is 4.79 Å². The van der Waals surface area contributed by atoms with Crippen molar-refractivity contribution in [2.45, 2.75) is 70.1 Å². The first-order valence-corrected chi connectivity index (χ1v) is 11.1. The molecule has 8 heteroatoms. The number of halogens is 3. The summed E-state index contributed by atoms with van der Waals surface area (Å²) in [7, 11) is 0. The number of aromatic nitrogens is 2. The molecular formula is C22H28F3N3O2. The minimum absolute atomic E-state index is 0.176. The van der Waals surface area contributed by atoms with E-state index in [9.17, 15) is 18.0 Å². The number of alkyl halides is 3. The van der Waals surface area contributed by atoms with E-state index in [1.54, 1.807) is 0 Å². The number of hydrogen-bond donors (Lipinski definition) is 0. The van der Waals surface area contributed by atoms with Crippen LogP contribution in [0.15, 0.2) is 12.3 Å². The summed E-state index contributed by atoms with van der Waals surface area (Å²) in [4.78, 5) is 22.3. The Morgan fingerprint density at radius 2 is 1.83 bits per heavy atom. The number of ether oxygens (including phenoxy) is 1. The lowest BCUT2D eigenvalue weighted by Gasteiger charge is -2.57. The van der Waals surface area contributed by atoms with E-state index in [1.807, 2.05) is 4.90 Å². The molecule has 0 N–H and O–H groups in total. The minimum Gasteiger partial charge on any atom is -0.458 e. The maximum atomic E-state index is 13.2. The number of nitrogens with zero attached hydrogens (tertiary/aromatic N) is 3. The number of hydrogen-bond acceptors (Lipinski definition) is 4. The highest BCUT2D eigenvalue weighted by atomic mass is 19.4. The molecule has 2 heterocycles. The van der Waals surface area contributed by atoms with E-state index in [0.29, 0.717) is 25.9 Å². The SMILES string of the molecule is O=C(CC12CC3CC(CC(C3)C1)C2)N1CCCC(Oc2nccc(C(F)(F)F)n2)C1. The van der Waals surface area contributed by atoms with Crippen LogP contribution in [0, 0.1) is 23.2 Å². The first-order valence-electron chi connectivity index (χ1n) is 11.1. The predicted molar refractivity (Wildman–Crippen MR) is 102 cm³/mol. The van der Waals surface area contributed by atoms with Gasteiger partial charge >= 0.3 is 12.2 Å². The van der Waals surface area contributed by atoms with Crippen molar-refractivity contribution in [3.8, 4) is 6.01 Å². The summed E-state index contributed by atoms with van der Waals surface area (Å²) in [6, 6.07) is 0.555. The topological polar surface area (TPSA) is 55.3 Å². The van der Waals surface area contributed by atoms with E-state index in [1.165, 1.54) is 38.5 Å². The highest BCUT2D eigenvalue weighted by molar-refractivity contribution is 5.77. The van der Waals surface area contributed by atoms with Crippen LogP contribution in [0.5, 0.6) is 6.01 Å². The smallest absolute Gasteiger partial charge is 0.433 e. The second kappa shape index (κ2) is 7.38. The third-order valence-electron chi connectivity index (χ3n) is 7.62. The highest BCUT2D eigenvalue weighted by Gasteiger charge is 2.51. The summed E-state index contributed by atoms with van der Waals surface area (Å²) in [5.41, 5.74) is -0.831. The number of carbonyl (C=O) groups is 1. The van der Waals surface area contributed by atoms with Crippen molar-refractivity contribution < 1.29 is 22.7 Å². The van der Waals surface area contributed by atoms with Crippen molar-refractivity contribution in [1.29, 1.82) is 0 Å². The van der Waals surface area contributed by atoms with Gasteiger partial charge in [-0.15, -0.1) is 0 Å². The summed E-state index contributed by atoms with van der Waals surface area (Å²) in [5.74, 6) is 2.59. The summed E-state index contributed by atoms with van der Waals surface area (Å²) in [6.45, 7) is 1.08. The standard InChI is InChI=1S/C22H28F3N3O2/c23-22(24,25)18-3-4-26-20(27-18)30-17-2-1-5-28(13-17)19(29)12-21-9-14-6-15(10-21)8-16(7-14)11-21/h3-4,14-17H,1-2,5-13H2. The molecule has 5 nitrogen and oxygen atoms in total. The normalized spacial score (nSPS) is 35.5. The van der Waals surface area contributed by atoms with Crippen molar-refractivity contribution in [3.63, 3.8) is 0 Å². The highest BCUT2D eigenvalue weighted by Crippen LogP contribution is 2.61. The van der Waals surface area contributed by atoms with Crippen LogP contribution >= 0.6 is 0 Å². The fraction of sp³-hybridized carbons (Fsp3) is 0.773. The van der Waals surface area contributed by atoms with Gasteiger partial charge < -0.3 is 9.64 Å². The summed E-state index contributed by atoms with van der Waals surface area (Å²) in [6.07, 6.45) is 5.85. The number of carbonyl (C=O) groups excluding carboxylic acids is 1. The third-order valence-corrected chi connectivity index (χ3v) is 7.62. The largest absolute Gasteiger partial charge is 0.458 e. The molecule has 5 aliphatic rings. The zero-order chi connectivity index (χ0) is 20.9. The molecule has 6 rings (SSSR count). The Morgan fingerprint density at radius 1 is 1.17 bits per heavy atom. The van der Waals surface area contributed by atoms with Crippen LogP contribution in [0.1, 0.15) is 63.5 Å². The minimum atomic E-state index is -4.53. The first-order chi connectivity index (χ1) is 14.3. The van der Waals surface area contributed by atoms with E-state index in [4.69, 9.17) is 4.74 Å². The monoisotopic (exact) mass is 423 g/mol. The average molecular weight is 423 g/mol. The maximum absolute atomic E-state index is 13.2. The molecule has 1 atom stereocenters. The maximum Gasteiger partial charge on any atom is 0.433 e. The molecule has 1 aliphatic heterocycles. The van der Waals surface area contributed by atoms with Crippen LogP contribution in [0.3, 0.4) is 0 Å². The number of rotatable bonds is 4. The van der Waals surface area contributed by atoms with Gasteiger partial charge in [0.2, 0.25) is 5.91 Å². The lowest BCUT2D eigenvalue weighted by Crippen LogP contribution is -2.50. The molecule has 1 unspecified atom stereocenters. The molecule has 1 amide bonds. The van der Waals surface area contributed by atoms with Gasteiger partial charge in [-0.05, 0) is 80.6 Å². The quantitative estimate of drug-likeness (QED) is 0.717. The van der Waals surface area contributed by atoms with Crippen molar-refractivity contribution >= 4 is 5.91 Å². The molecule has 1 aromatic heterocycles. The van der Waals surface area contributed by atoms with Crippen LogP contribution in [0.25, 0.3) is 0 Å². The average Bonchev–Trinajstić information content (AvgIpc) is 2.66. The van der Waals surface area contributed by atoms with E-state index in [-0.39, 0.29) is 23.4 Å². The molecule has 30 heavy (non-hydrogen) atoms. The molecule has 4 aliphatic carbocycles. The van der Waals surface area contributed by atoms with Crippen molar-refractivity contribution in [2.75, 3.05) is 13.1 Å². The summed E-state index contributed by atoms with van der Waals surface area (Å²) in [5, 5.41) is 0. The Labute approximate surface area is 174 Å². The second-order valence-corrected chi connectivity index (χ2v) is 10.0. The van der Waals surface area contributed by atoms with Gasteiger partial charge in [0, 0.05) is 19.2 Å². The molecule has 0 radical (unpaired) electrons. The third kappa shape index (κ3) is 4.02. The van der Waals surface area contributed by atoms with E-state index in [0.717, 1.165) is 36.4 Å². The molecule has 1 saturated heterocycles. The summed E-state index contributed by atoms with van der Waals surface area (Å²) >= 11 is 0. The number of amides is 1. The van der Waals surface area contributed by atoms with Gasteiger partial charge in [0.15, 0.2) is 5.69 Å². The Kier molecular flexibility index (Phi) is 4.93. The van der Waals surface area contributed by atoms with Crippen molar-refractivity contribution in [3.05, 3.63) is 18.0 Å². The first kappa shape index (κ1) is 20.1. The van der Waals surface area contributed by atoms with Gasteiger partial charge in [0.1, 0.15) is 6.10 Å². The van der Waals surface area contributed by atoms with E-state index in [2.05, 4.69) is 9.97 Å². The lowest BCUT2D eigenvalue weighted by atomic mass is 9.49. The van der Waals surface area contributed by atoms with Crippen molar-refractivity contribution in [2.24, 2.45) is 23.2 Å². The van der Waals surface area contributed by atoms with E-state index >= 15 is 0 Å². The molecule has 0 aromatic carbocycles. The zero-order valence-electron chi connectivity index (χ0n) is 17.0. The van der Waals surface area contributed by atoms with Crippen LogP contribution in [0.4, 0.5) is 13.2 Å². The predicted octanol–water partition coefficient (Wildman–Crippen LogP) is 4.47. The van der Waals surface area contributed by atoms with E-state index < -0.39 is 11.9 Å². The van der Waals surface area contributed by atoms with Crippen LogP contribution in [-0.4, -0.2) is 40.0 Å². The van der Waals surface area contributed by atoms with Gasteiger partial charge in [0.25, 0.3) is 0 Å². The number of likely N-dealkylation sites (tertiary alicyclic amines) is 1. The van der Waals surface area contributed by atoms with Crippen molar-refractivity contribution in [1.82, 2.24) is 14.9 Å². The molecule has 0 spiro atoms. The molecular weight excluding hydrogens is 395 g/mol. The van der Waals surface area contributed by atoms with Gasteiger partial charge in [-0.25, -0.2) is 4.98 Å². The molecule has 4 saturated carbocycles. The van der Waals surface area contributed by atoms with Gasteiger partial charge in [-0.2, -0.15) is 18.2 Å². The molecule has 4 bridgehead atoms. The van der Waals surface area contributed by atoms with Gasteiger partial charge in [-0.1, -0.05) is 0 Å². The lowest BCUT2D eigenvalue weighted by molar-refractivity contribution is -0.142. The fourth-order valence-corrected chi connectivity index (χ4v) is 6.90. The Hall–Kier alpha value is -1.86. The Bertz CT molecular complexity index is 778. The molecule has 1 aromatic rings. The fourth-order valence-electron chi connectivity index (χ4n) is 6.90. The number of piperidine rings is 1. The Morgan fingerprint density at radius 3 is 2.47 bits per heavy atom. The van der Waals surface area contributed by atoms with Gasteiger partial charge in [0.05, 0.1) is 6.54 Å². The zero-order valence-corrected chi connectivity index (χ0v) is 17.0. The van der Waals surface area contributed by atoms with Crippen LogP contribution in [-0.2, 0) is 11.0 Å². The van der Waals surface area contributed by atoms with Crippen LogP contribution in [0.2, 0.25) is 0 Å². The second-order valence-electron chi connectivity index (χ2n) is 10.0. The molecule has 5 fully saturated rings. The molecule has 164 valence electrons. The Balaban J connectivity index is 1.21.